The number of aliphatic hydroxyl groups is 1. The Morgan fingerprint density at radius 1 is 1.50 bits per heavy atom. The molecule has 1 amide bonds. The predicted octanol–water partition coefficient (Wildman–Crippen LogP) is -3.31. The summed E-state index contributed by atoms with van der Waals surface area (Å²) >= 11 is 0. The molecule has 2 aliphatic rings. The second-order valence-electron chi connectivity index (χ2n) is 2.94. The number of amides is 1. The maximum Gasteiger partial charge on any atom is 0.349 e. The number of amidine groups is 1. The van der Waals surface area contributed by atoms with Gasteiger partial charge in [-0.3, -0.25) is 0 Å². The summed E-state index contributed by atoms with van der Waals surface area (Å²) in [6.07, 6.45) is 6.27. The van der Waals surface area contributed by atoms with Crippen molar-refractivity contribution in [3.8, 4) is 0 Å². The van der Waals surface area contributed by atoms with Crippen molar-refractivity contribution in [2.45, 2.75) is 6.92 Å². The van der Waals surface area contributed by atoms with E-state index in [1.165, 1.54) is 12.2 Å². The maximum atomic E-state index is 11.4. The number of carbonyl (C=O) groups excluding carboxylic acids is 1. The third kappa shape index (κ3) is 1.62. The fourth-order valence-corrected chi connectivity index (χ4v) is 1.32. The molecular weight excluding hydrogens is 204 g/mol. The molecule has 0 fully saturated rings. The highest BCUT2D eigenvalue weighted by molar-refractivity contribution is 6.01. The Balaban J connectivity index is 0.000000980. The van der Waals surface area contributed by atoms with Crippen LogP contribution in [0.15, 0.2) is 40.9 Å². The summed E-state index contributed by atoms with van der Waals surface area (Å²) in [7, 11) is 0. The molecule has 1 atom stereocenters. The van der Waals surface area contributed by atoms with Gasteiger partial charge in [0.05, 0.1) is 11.8 Å². The first-order valence-corrected chi connectivity index (χ1v) is 3.95. The quantitative estimate of drug-likeness (QED) is 0.442. The first kappa shape index (κ1) is 10.7. The van der Waals surface area contributed by atoms with Gasteiger partial charge in [0.25, 0.3) is 5.84 Å². The number of aliphatic hydroxyl groups excluding tert-OH is 1. The molecule has 14 heavy (non-hydrogen) atoms. The number of rotatable bonds is 0. The first-order chi connectivity index (χ1) is 6.18. The van der Waals surface area contributed by atoms with Crippen molar-refractivity contribution >= 4 is 11.7 Å². The fourth-order valence-electron chi connectivity index (χ4n) is 1.32. The molecule has 0 aromatic heterocycles. The highest BCUT2D eigenvalue weighted by Gasteiger charge is 2.31. The van der Waals surface area contributed by atoms with Crippen molar-refractivity contribution in [1.82, 2.24) is 0 Å². The summed E-state index contributed by atoms with van der Waals surface area (Å²) in [5.41, 5.74) is 0.624. The van der Waals surface area contributed by atoms with Gasteiger partial charge in [-0.1, -0.05) is 0 Å². The molecule has 0 radical (unpaired) electrons. The molecule has 2 heterocycles. The van der Waals surface area contributed by atoms with Crippen LogP contribution in [0.4, 0.5) is 0 Å². The van der Waals surface area contributed by atoms with E-state index in [-0.39, 0.29) is 24.1 Å². The van der Waals surface area contributed by atoms with E-state index in [0.717, 1.165) is 0 Å². The third-order valence-electron chi connectivity index (χ3n) is 1.91. The minimum Gasteiger partial charge on any atom is -1.00 e. The van der Waals surface area contributed by atoms with Gasteiger partial charge in [-0.05, 0) is 19.1 Å². The Kier molecular flexibility index (Phi) is 2.88. The van der Waals surface area contributed by atoms with Crippen LogP contribution >= 0.6 is 0 Å². The second-order valence-corrected chi connectivity index (χ2v) is 2.94. The first-order valence-electron chi connectivity index (χ1n) is 3.95. The number of hydrogen-bond acceptors (Lipinski definition) is 3. The number of hydrogen-bond donors (Lipinski definition) is 2. The lowest BCUT2D eigenvalue weighted by atomic mass is 10.2. The van der Waals surface area contributed by atoms with E-state index >= 15 is 0 Å². The summed E-state index contributed by atoms with van der Waals surface area (Å²) in [6.45, 7) is 1.73. The van der Waals surface area contributed by atoms with E-state index < -0.39 is 0 Å². The predicted molar refractivity (Wildman–Crippen MR) is 47.0 cm³/mol. The minimum absolute atomic E-state index is 0. The van der Waals surface area contributed by atoms with Crippen molar-refractivity contribution in [3.05, 3.63) is 35.9 Å². The van der Waals surface area contributed by atoms with Gasteiger partial charge in [0.15, 0.2) is 5.76 Å². The van der Waals surface area contributed by atoms with Crippen molar-refractivity contribution in [2.24, 2.45) is 4.99 Å². The molecule has 0 saturated heterocycles. The van der Waals surface area contributed by atoms with E-state index in [1.807, 2.05) is 0 Å². The highest BCUT2D eigenvalue weighted by Crippen LogP contribution is 2.03. The van der Waals surface area contributed by atoms with Gasteiger partial charge < -0.3 is 17.5 Å². The lowest BCUT2D eigenvalue weighted by Crippen LogP contribution is -3.13. The van der Waals surface area contributed by atoms with Crippen LogP contribution in [0, 0.1) is 0 Å². The third-order valence-corrected chi connectivity index (χ3v) is 1.91. The zero-order valence-corrected chi connectivity index (χ0v) is 8.25. The molecule has 2 aliphatic heterocycles. The van der Waals surface area contributed by atoms with E-state index in [1.54, 1.807) is 19.2 Å². The number of fused-ring (bicyclic) bond motifs is 1. The van der Waals surface area contributed by atoms with Gasteiger partial charge in [0, 0.05) is 0 Å². The van der Waals surface area contributed by atoms with Crippen LogP contribution in [0.5, 0.6) is 0 Å². The number of allylic oxidation sites excluding steroid dienone is 3. The SMILES string of the molecule is CC1=CC(=O)[NH+]2C=CC=C(O)C2=N1.[Cl-]. The Hall–Kier alpha value is -1.39. The van der Waals surface area contributed by atoms with Gasteiger partial charge in [-0.25, -0.2) is 4.79 Å². The lowest BCUT2D eigenvalue weighted by Gasteiger charge is -2.17. The summed E-state index contributed by atoms with van der Waals surface area (Å²) < 4.78 is 0. The monoisotopic (exact) mass is 212 g/mol. The van der Waals surface area contributed by atoms with Gasteiger partial charge in [0.2, 0.25) is 0 Å². The summed E-state index contributed by atoms with van der Waals surface area (Å²) in [5, 5.41) is 9.42. The highest BCUT2D eigenvalue weighted by atomic mass is 35.5. The van der Waals surface area contributed by atoms with Crippen LogP contribution in [0.25, 0.3) is 0 Å². The summed E-state index contributed by atoms with van der Waals surface area (Å²) in [6, 6.07) is 0. The standard InChI is InChI=1S/C9H8N2O2.ClH/c1-6-5-8(13)11-4-2-3-7(12)9(11)10-6;/h2-5,12H,1H3;1H. The summed E-state index contributed by atoms with van der Waals surface area (Å²) in [4.78, 5) is 16.0. The van der Waals surface area contributed by atoms with Crippen LogP contribution in [0.1, 0.15) is 6.92 Å². The summed E-state index contributed by atoms with van der Waals surface area (Å²) in [5.74, 6) is 0.337. The van der Waals surface area contributed by atoms with Crippen molar-refractivity contribution < 1.29 is 27.2 Å². The van der Waals surface area contributed by atoms with Crippen LogP contribution in [-0.4, -0.2) is 16.8 Å². The van der Waals surface area contributed by atoms with E-state index in [0.29, 0.717) is 16.4 Å². The molecule has 0 aliphatic carbocycles. The Morgan fingerprint density at radius 3 is 2.93 bits per heavy atom. The molecule has 1 unspecified atom stereocenters. The largest absolute Gasteiger partial charge is 1.00 e. The number of nitrogens with zero attached hydrogens (tertiary/aromatic N) is 1. The van der Waals surface area contributed by atoms with Crippen molar-refractivity contribution in [2.75, 3.05) is 0 Å². The zero-order chi connectivity index (χ0) is 9.42. The number of halogens is 1. The van der Waals surface area contributed by atoms with Crippen molar-refractivity contribution in [3.63, 3.8) is 0 Å². The maximum absolute atomic E-state index is 11.4. The molecule has 5 heteroatoms. The number of nitrogens with one attached hydrogen (secondary N) is 1. The molecule has 74 valence electrons. The fraction of sp³-hybridized carbons (Fsp3) is 0.111. The average Bonchev–Trinajstić information content (AvgIpc) is 2.07. The number of quaternary nitrogens is 1. The van der Waals surface area contributed by atoms with Gasteiger partial charge in [-0.15, -0.1) is 0 Å². The molecule has 2 rings (SSSR count). The minimum atomic E-state index is -0.0987. The molecule has 0 saturated carbocycles. The topological polar surface area (TPSA) is 54.1 Å². The van der Waals surface area contributed by atoms with Crippen LogP contribution in [0.3, 0.4) is 0 Å². The molecule has 0 spiro atoms. The van der Waals surface area contributed by atoms with Gasteiger partial charge in [0.1, 0.15) is 6.20 Å². The zero-order valence-electron chi connectivity index (χ0n) is 7.49. The lowest BCUT2D eigenvalue weighted by molar-refractivity contribution is -0.656. The van der Waals surface area contributed by atoms with Crippen molar-refractivity contribution in [1.29, 1.82) is 0 Å². The number of carbonyl (C=O) groups is 1. The van der Waals surface area contributed by atoms with Crippen LogP contribution in [-0.2, 0) is 4.79 Å². The molecule has 4 nitrogen and oxygen atoms in total. The van der Waals surface area contributed by atoms with Crippen LogP contribution < -0.4 is 17.3 Å². The molecule has 0 aromatic rings. The molecular formula is C9H9ClN2O2. The van der Waals surface area contributed by atoms with E-state index in [4.69, 9.17) is 0 Å². The van der Waals surface area contributed by atoms with Crippen LogP contribution in [0.2, 0.25) is 0 Å². The molecule has 0 bridgehead atoms. The number of aliphatic imine (C=N–C) groups is 1. The Morgan fingerprint density at radius 2 is 2.21 bits per heavy atom. The van der Waals surface area contributed by atoms with Gasteiger partial charge in [-0.2, -0.15) is 9.89 Å². The normalized spacial score (nSPS) is 24.2. The Labute approximate surface area is 87.3 Å². The molecule has 2 N–H and O–H groups in total. The Bertz CT molecular complexity index is 394. The average molecular weight is 213 g/mol. The van der Waals surface area contributed by atoms with E-state index in [9.17, 15) is 9.90 Å². The molecule has 0 aromatic carbocycles. The smallest absolute Gasteiger partial charge is 0.349 e. The van der Waals surface area contributed by atoms with E-state index in [2.05, 4.69) is 4.99 Å². The second kappa shape index (κ2) is 3.77. The van der Waals surface area contributed by atoms with Gasteiger partial charge >= 0.3 is 5.91 Å².